The number of para-hydroxylation sites is 1. The molecule has 0 saturated carbocycles. The zero-order valence-corrected chi connectivity index (χ0v) is 17.1. The summed E-state index contributed by atoms with van der Waals surface area (Å²) in [7, 11) is 0. The van der Waals surface area contributed by atoms with Gasteiger partial charge in [-0.2, -0.15) is 0 Å². The Kier molecular flexibility index (Phi) is 6.11. The second-order valence-corrected chi connectivity index (χ2v) is 7.11. The molecule has 0 radical (unpaired) electrons. The van der Waals surface area contributed by atoms with Crippen molar-refractivity contribution in [3.63, 3.8) is 0 Å². The van der Waals surface area contributed by atoms with Gasteiger partial charge in [-0.05, 0) is 40.6 Å². The average molecular weight is 418 g/mol. The van der Waals surface area contributed by atoms with E-state index < -0.39 is 5.97 Å². The van der Waals surface area contributed by atoms with E-state index in [1.807, 2.05) is 18.2 Å². The Bertz CT molecular complexity index is 1260. The number of carbonyl (C=O) groups excluding carboxylic acids is 1. The van der Waals surface area contributed by atoms with E-state index in [-0.39, 0.29) is 12.2 Å². The van der Waals surface area contributed by atoms with Crippen LogP contribution in [0.1, 0.15) is 47.3 Å². The molecule has 0 bridgehead atoms. The summed E-state index contributed by atoms with van der Waals surface area (Å²) in [6.07, 6.45) is 2.24. The number of aromatic nitrogens is 6. The number of nitrogens with one attached hydrogen (secondary N) is 1. The summed E-state index contributed by atoms with van der Waals surface area (Å²) in [5, 5.41) is 12.1. The highest BCUT2D eigenvalue weighted by molar-refractivity contribution is 5.91. The Hall–Kier alpha value is -3.88. The van der Waals surface area contributed by atoms with E-state index in [9.17, 15) is 9.59 Å². The number of H-pyrrole nitrogens is 1. The summed E-state index contributed by atoms with van der Waals surface area (Å²) in [6.45, 7) is 2.74. The quantitative estimate of drug-likeness (QED) is 0.437. The monoisotopic (exact) mass is 418 g/mol. The van der Waals surface area contributed by atoms with Crippen LogP contribution in [0.5, 0.6) is 0 Å². The van der Waals surface area contributed by atoms with Crippen LogP contribution in [-0.2, 0) is 24.3 Å². The van der Waals surface area contributed by atoms with Crippen LogP contribution in [0.15, 0.2) is 53.3 Å². The van der Waals surface area contributed by atoms with Gasteiger partial charge in [-0.1, -0.05) is 43.7 Å². The molecule has 2 heterocycles. The van der Waals surface area contributed by atoms with Crippen LogP contribution < -0.4 is 5.56 Å². The van der Waals surface area contributed by atoms with Gasteiger partial charge in [0.05, 0.1) is 16.5 Å². The lowest BCUT2D eigenvalue weighted by Crippen LogP contribution is -2.15. The Balaban J connectivity index is 1.52. The van der Waals surface area contributed by atoms with E-state index in [2.05, 4.69) is 32.4 Å². The van der Waals surface area contributed by atoms with Gasteiger partial charge in [0.15, 0.2) is 12.4 Å². The fourth-order valence-corrected chi connectivity index (χ4v) is 3.29. The molecule has 0 fully saturated rings. The zero-order valence-electron chi connectivity index (χ0n) is 17.1. The first-order valence-electron chi connectivity index (χ1n) is 10.1. The molecule has 4 rings (SSSR count). The van der Waals surface area contributed by atoms with Gasteiger partial charge in [-0.15, -0.1) is 5.10 Å². The number of esters is 1. The molecule has 4 aromatic rings. The smallest absolute Gasteiger partial charge is 0.338 e. The maximum atomic E-state index is 12.8. The molecule has 31 heavy (non-hydrogen) atoms. The van der Waals surface area contributed by atoms with Crippen molar-refractivity contribution in [3.05, 3.63) is 81.7 Å². The van der Waals surface area contributed by atoms with Crippen LogP contribution in [-0.4, -0.2) is 36.1 Å². The molecule has 0 aliphatic heterocycles. The molecular weight excluding hydrogens is 396 g/mol. The van der Waals surface area contributed by atoms with Crippen molar-refractivity contribution in [1.82, 2.24) is 30.2 Å². The molecule has 0 atom stereocenters. The van der Waals surface area contributed by atoms with E-state index in [0.29, 0.717) is 46.6 Å². The Labute approximate surface area is 178 Å². The molecule has 1 N–H and O–H groups in total. The topological polar surface area (TPSA) is 116 Å². The first-order chi connectivity index (χ1) is 15.2. The van der Waals surface area contributed by atoms with Crippen molar-refractivity contribution in [2.45, 2.75) is 39.3 Å². The normalized spacial score (nSPS) is 11.0. The standard InChI is InChI=1S/C22H22N6O3/c1-2-3-12-28-20(25-26-27-28)14-31-22(30)16-9-5-4-8-15(16)13-19-23-18-11-7-6-10-17(18)21(29)24-19/h4-11H,2-3,12-14H2,1H3,(H,23,24,29). The number of hydrogen-bond acceptors (Lipinski definition) is 7. The molecule has 0 unspecified atom stereocenters. The number of unbranched alkanes of at least 4 members (excludes halogenated alkanes) is 1. The molecule has 0 spiro atoms. The number of ether oxygens (including phenoxy) is 1. The van der Waals surface area contributed by atoms with Gasteiger partial charge in [-0.25, -0.2) is 14.5 Å². The fraction of sp³-hybridized carbons (Fsp3) is 0.273. The van der Waals surface area contributed by atoms with E-state index in [0.717, 1.165) is 12.8 Å². The van der Waals surface area contributed by atoms with Crippen molar-refractivity contribution in [2.24, 2.45) is 0 Å². The summed E-state index contributed by atoms with van der Waals surface area (Å²) in [5.74, 6) is 0.496. The van der Waals surface area contributed by atoms with Gasteiger partial charge in [0, 0.05) is 13.0 Å². The third kappa shape index (κ3) is 4.66. The van der Waals surface area contributed by atoms with Crippen LogP contribution in [0.2, 0.25) is 0 Å². The molecule has 9 heteroatoms. The maximum Gasteiger partial charge on any atom is 0.338 e. The molecule has 9 nitrogen and oxygen atoms in total. The lowest BCUT2D eigenvalue weighted by Gasteiger charge is -2.10. The summed E-state index contributed by atoms with van der Waals surface area (Å²) in [4.78, 5) is 32.4. The summed E-state index contributed by atoms with van der Waals surface area (Å²) < 4.78 is 7.12. The number of nitrogens with zero attached hydrogens (tertiary/aromatic N) is 5. The van der Waals surface area contributed by atoms with Crippen molar-refractivity contribution < 1.29 is 9.53 Å². The van der Waals surface area contributed by atoms with Crippen molar-refractivity contribution in [1.29, 1.82) is 0 Å². The summed E-state index contributed by atoms with van der Waals surface area (Å²) in [5.41, 5.74) is 1.52. The fourth-order valence-electron chi connectivity index (χ4n) is 3.29. The number of fused-ring (bicyclic) bond motifs is 1. The minimum atomic E-state index is -0.483. The predicted octanol–water partition coefficient (Wildman–Crippen LogP) is 2.66. The van der Waals surface area contributed by atoms with E-state index >= 15 is 0 Å². The molecule has 0 aliphatic carbocycles. The zero-order chi connectivity index (χ0) is 21.6. The number of hydrogen-bond donors (Lipinski definition) is 1. The second kappa shape index (κ2) is 9.29. The third-order valence-corrected chi connectivity index (χ3v) is 4.92. The average Bonchev–Trinajstić information content (AvgIpc) is 3.24. The van der Waals surface area contributed by atoms with Crippen LogP contribution in [0.4, 0.5) is 0 Å². The molecule has 0 aliphatic rings. The predicted molar refractivity (Wildman–Crippen MR) is 113 cm³/mol. The molecule has 158 valence electrons. The van der Waals surface area contributed by atoms with Crippen molar-refractivity contribution in [3.8, 4) is 0 Å². The molecule has 0 amide bonds. The number of aromatic amines is 1. The Morgan fingerprint density at radius 2 is 1.94 bits per heavy atom. The highest BCUT2D eigenvalue weighted by Gasteiger charge is 2.16. The van der Waals surface area contributed by atoms with Crippen molar-refractivity contribution >= 4 is 16.9 Å². The van der Waals surface area contributed by atoms with Gasteiger partial charge in [0.2, 0.25) is 0 Å². The van der Waals surface area contributed by atoms with Crippen LogP contribution in [0.25, 0.3) is 10.9 Å². The van der Waals surface area contributed by atoms with Gasteiger partial charge < -0.3 is 9.72 Å². The summed E-state index contributed by atoms with van der Waals surface area (Å²) >= 11 is 0. The second-order valence-electron chi connectivity index (χ2n) is 7.11. The third-order valence-electron chi connectivity index (χ3n) is 4.92. The molecule has 0 saturated heterocycles. The van der Waals surface area contributed by atoms with Gasteiger partial charge in [-0.3, -0.25) is 4.79 Å². The highest BCUT2D eigenvalue weighted by atomic mass is 16.5. The van der Waals surface area contributed by atoms with E-state index in [4.69, 9.17) is 4.74 Å². The molecular formula is C22H22N6O3. The van der Waals surface area contributed by atoms with Crippen molar-refractivity contribution in [2.75, 3.05) is 0 Å². The largest absolute Gasteiger partial charge is 0.454 e. The van der Waals surface area contributed by atoms with Gasteiger partial charge in [0.25, 0.3) is 5.56 Å². The number of rotatable bonds is 8. The number of carbonyl (C=O) groups is 1. The first-order valence-corrected chi connectivity index (χ1v) is 10.1. The number of benzene rings is 2. The first kappa shape index (κ1) is 20.4. The van der Waals surface area contributed by atoms with Crippen LogP contribution in [0, 0.1) is 0 Å². The summed E-state index contributed by atoms with van der Waals surface area (Å²) in [6, 6.07) is 14.2. The molecule has 2 aromatic heterocycles. The van der Waals surface area contributed by atoms with E-state index in [1.54, 1.807) is 35.0 Å². The number of aryl methyl sites for hydroxylation is 1. The lowest BCUT2D eigenvalue weighted by atomic mass is 10.0. The minimum absolute atomic E-state index is 0.0189. The highest BCUT2D eigenvalue weighted by Crippen LogP contribution is 2.15. The molecule has 2 aromatic carbocycles. The number of tetrazole rings is 1. The lowest BCUT2D eigenvalue weighted by molar-refractivity contribution is 0.0455. The minimum Gasteiger partial charge on any atom is -0.454 e. The Morgan fingerprint density at radius 3 is 2.81 bits per heavy atom. The van der Waals surface area contributed by atoms with Gasteiger partial charge >= 0.3 is 5.97 Å². The Morgan fingerprint density at radius 1 is 1.13 bits per heavy atom. The van der Waals surface area contributed by atoms with E-state index in [1.165, 1.54) is 0 Å². The van der Waals surface area contributed by atoms with Crippen LogP contribution >= 0.6 is 0 Å². The van der Waals surface area contributed by atoms with Crippen LogP contribution in [0.3, 0.4) is 0 Å². The SMILES string of the molecule is CCCCn1nnnc1COC(=O)c1ccccc1Cc1nc2ccccc2c(=O)[nH]1. The maximum absolute atomic E-state index is 12.8. The van der Waals surface area contributed by atoms with Gasteiger partial charge in [0.1, 0.15) is 5.82 Å².